The molecule has 0 spiro atoms. The lowest BCUT2D eigenvalue weighted by atomic mass is 10.0. The summed E-state index contributed by atoms with van der Waals surface area (Å²) in [5.41, 5.74) is 0. The lowest BCUT2D eigenvalue weighted by Crippen LogP contribution is -2.48. The summed E-state index contributed by atoms with van der Waals surface area (Å²) in [6, 6.07) is 3.52. The fraction of sp³-hybridized carbons (Fsp3) is 0.533. The Labute approximate surface area is 132 Å². The normalized spacial score (nSPS) is 22.8. The van der Waals surface area contributed by atoms with Crippen molar-refractivity contribution in [1.29, 1.82) is 0 Å². The van der Waals surface area contributed by atoms with Crippen LogP contribution >= 0.6 is 11.3 Å². The average Bonchev–Trinajstić information content (AvgIpc) is 3.15. The lowest BCUT2D eigenvalue weighted by Gasteiger charge is -2.35. The monoisotopic (exact) mass is 322 g/mol. The van der Waals surface area contributed by atoms with Crippen LogP contribution in [0.15, 0.2) is 17.5 Å². The molecule has 1 aromatic heterocycles. The maximum absolute atomic E-state index is 12.2. The number of nitrogens with zero attached hydrogens (tertiary/aromatic N) is 2. The van der Waals surface area contributed by atoms with Gasteiger partial charge in [-0.15, -0.1) is 11.3 Å². The molecule has 0 bridgehead atoms. The minimum Gasteiger partial charge on any atom is -0.444 e. The van der Waals surface area contributed by atoms with E-state index < -0.39 is 11.7 Å². The zero-order valence-electron chi connectivity index (χ0n) is 12.4. The van der Waals surface area contributed by atoms with Crippen molar-refractivity contribution < 1.29 is 19.1 Å². The Balaban J connectivity index is 1.56. The molecule has 0 N–H and O–H groups in total. The van der Waals surface area contributed by atoms with Crippen LogP contribution in [0.1, 0.15) is 29.4 Å². The maximum atomic E-state index is 12.2. The molecule has 7 heteroatoms. The number of cyclic esters (lactones) is 1. The summed E-state index contributed by atoms with van der Waals surface area (Å²) in [5, 5.41) is 1.78. The van der Waals surface area contributed by atoms with Crippen molar-refractivity contribution in [3.63, 3.8) is 0 Å². The van der Waals surface area contributed by atoms with Crippen LogP contribution in [0, 0.1) is 0 Å². The van der Waals surface area contributed by atoms with Gasteiger partial charge in [0.1, 0.15) is 6.10 Å². The second-order valence-corrected chi connectivity index (χ2v) is 6.62. The quantitative estimate of drug-likeness (QED) is 0.628. The van der Waals surface area contributed by atoms with E-state index in [9.17, 15) is 14.4 Å². The molecular formula is C15H18N2O4S. The molecule has 2 aliphatic heterocycles. The number of amides is 2. The predicted molar refractivity (Wildman–Crippen MR) is 80.9 cm³/mol. The fourth-order valence-electron chi connectivity index (χ4n) is 2.96. The van der Waals surface area contributed by atoms with Crippen molar-refractivity contribution >= 4 is 29.1 Å². The third-order valence-electron chi connectivity index (χ3n) is 4.12. The summed E-state index contributed by atoms with van der Waals surface area (Å²) < 4.78 is 5.14. The summed E-state index contributed by atoms with van der Waals surface area (Å²) in [4.78, 5) is 39.8. The van der Waals surface area contributed by atoms with Crippen LogP contribution in [0.25, 0.3) is 0 Å². The first-order chi connectivity index (χ1) is 10.6. The number of piperidine rings is 1. The van der Waals surface area contributed by atoms with Gasteiger partial charge in [-0.3, -0.25) is 9.59 Å². The molecule has 1 atom stereocenters. The maximum Gasteiger partial charge on any atom is 0.410 e. The van der Waals surface area contributed by atoms with E-state index in [1.54, 1.807) is 27.3 Å². The Morgan fingerprint density at radius 2 is 2.05 bits per heavy atom. The van der Waals surface area contributed by atoms with Gasteiger partial charge >= 0.3 is 6.09 Å². The summed E-state index contributed by atoms with van der Waals surface area (Å²) in [6.07, 6.45) is 1.02. The van der Waals surface area contributed by atoms with Gasteiger partial charge in [-0.2, -0.15) is 0 Å². The van der Waals surface area contributed by atoms with Gasteiger partial charge in [0.2, 0.25) is 0 Å². The van der Waals surface area contributed by atoms with Gasteiger partial charge in [0, 0.05) is 19.1 Å². The summed E-state index contributed by atoms with van der Waals surface area (Å²) in [7, 11) is 0. The number of ether oxygens (including phenoxy) is 1. The smallest absolute Gasteiger partial charge is 0.410 e. The number of carbonyl (C=O) groups excluding carboxylic acids is 3. The first-order valence-corrected chi connectivity index (χ1v) is 8.28. The first-order valence-electron chi connectivity index (χ1n) is 7.40. The third-order valence-corrected chi connectivity index (χ3v) is 4.99. The topological polar surface area (TPSA) is 66.9 Å². The molecule has 2 fully saturated rings. The Morgan fingerprint density at radius 3 is 2.59 bits per heavy atom. The standard InChI is InChI=1S/C15H18N2O4S/c1-10-9-17(15(20)21-10)11-4-6-16(7-5-11)14(19)13(18)12-3-2-8-22-12/h2-3,8,10-11H,4-7,9H2,1H3. The number of rotatable bonds is 3. The van der Waals surface area contributed by atoms with Crippen molar-refractivity contribution in [1.82, 2.24) is 9.80 Å². The second kappa shape index (κ2) is 6.08. The molecule has 3 heterocycles. The molecule has 118 valence electrons. The lowest BCUT2D eigenvalue weighted by molar-refractivity contribution is -0.127. The van der Waals surface area contributed by atoms with E-state index in [4.69, 9.17) is 4.74 Å². The molecule has 6 nitrogen and oxygen atoms in total. The first kappa shape index (κ1) is 15.0. The minimum atomic E-state index is -0.446. The molecule has 2 saturated heterocycles. The summed E-state index contributed by atoms with van der Waals surface area (Å²) >= 11 is 1.28. The molecule has 3 rings (SSSR count). The van der Waals surface area contributed by atoms with E-state index in [-0.39, 0.29) is 18.2 Å². The van der Waals surface area contributed by atoms with Crippen LogP contribution in [-0.2, 0) is 9.53 Å². The highest BCUT2D eigenvalue weighted by Crippen LogP contribution is 2.23. The van der Waals surface area contributed by atoms with E-state index in [2.05, 4.69) is 0 Å². The van der Waals surface area contributed by atoms with Crippen LogP contribution < -0.4 is 0 Å². The van der Waals surface area contributed by atoms with E-state index in [0.29, 0.717) is 37.4 Å². The zero-order valence-corrected chi connectivity index (χ0v) is 13.2. The van der Waals surface area contributed by atoms with Crippen LogP contribution in [0.3, 0.4) is 0 Å². The molecule has 22 heavy (non-hydrogen) atoms. The van der Waals surface area contributed by atoms with Crippen molar-refractivity contribution in [3.05, 3.63) is 22.4 Å². The van der Waals surface area contributed by atoms with Gasteiger partial charge in [0.05, 0.1) is 11.4 Å². The van der Waals surface area contributed by atoms with Gasteiger partial charge in [-0.05, 0) is 31.2 Å². The van der Waals surface area contributed by atoms with Crippen LogP contribution in [-0.4, -0.2) is 59.4 Å². The third kappa shape index (κ3) is 2.85. The van der Waals surface area contributed by atoms with Crippen LogP contribution in [0.5, 0.6) is 0 Å². The van der Waals surface area contributed by atoms with Crippen LogP contribution in [0.2, 0.25) is 0 Å². The Hall–Kier alpha value is -1.89. The van der Waals surface area contributed by atoms with Gasteiger partial charge in [0.15, 0.2) is 0 Å². The number of thiophene rings is 1. The summed E-state index contributed by atoms with van der Waals surface area (Å²) in [5.74, 6) is -0.888. The van der Waals surface area contributed by atoms with E-state index in [0.717, 1.165) is 0 Å². The summed E-state index contributed by atoms with van der Waals surface area (Å²) in [6.45, 7) is 3.47. The fourth-order valence-corrected chi connectivity index (χ4v) is 3.62. The Bertz CT molecular complexity index is 578. The average molecular weight is 322 g/mol. The van der Waals surface area contributed by atoms with Gasteiger partial charge in [-0.1, -0.05) is 6.07 Å². The number of ketones is 1. The predicted octanol–water partition coefficient (Wildman–Crippen LogP) is 1.76. The van der Waals surface area contributed by atoms with Crippen molar-refractivity contribution in [3.8, 4) is 0 Å². The number of likely N-dealkylation sites (tertiary alicyclic amines) is 1. The molecule has 2 amide bonds. The molecule has 2 aliphatic rings. The number of Topliss-reactive ketones (excluding diaryl/α,β-unsaturated/α-hetero) is 1. The highest BCUT2D eigenvalue weighted by atomic mass is 32.1. The largest absolute Gasteiger partial charge is 0.444 e. The molecule has 0 aromatic carbocycles. The van der Waals surface area contributed by atoms with E-state index in [1.165, 1.54) is 11.3 Å². The number of carbonyl (C=O) groups is 3. The second-order valence-electron chi connectivity index (χ2n) is 5.68. The molecular weight excluding hydrogens is 304 g/mol. The van der Waals surface area contributed by atoms with Crippen molar-refractivity contribution in [2.24, 2.45) is 0 Å². The van der Waals surface area contributed by atoms with Gasteiger partial charge in [-0.25, -0.2) is 4.79 Å². The van der Waals surface area contributed by atoms with Crippen LogP contribution in [0.4, 0.5) is 4.79 Å². The zero-order chi connectivity index (χ0) is 15.7. The van der Waals surface area contributed by atoms with E-state index >= 15 is 0 Å². The Morgan fingerprint density at radius 1 is 1.32 bits per heavy atom. The molecule has 1 unspecified atom stereocenters. The minimum absolute atomic E-state index is 0.0763. The number of hydrogen-bond acceptors (Lipinski definition) is 5. The van der Waals surface area contributed by atoms with Crippen molar-refractivity contribution in [2.75, 3.05) is 19.6 Å². The highest BCUT2D eigenvalue weighted by molar-refractivity contribution is 7.12. The van der Waals surface area contributed by atoms with E-state index in [1.807, 2.05) is 6.92 Å². The molecule has 1 aromatic rings. The van der Waals surface area contributed by atoms with Crippen molar-refractivity contribution in [2.45, 2.75) is 31.9 Å². The number of hydrogen-bond donors (Lipinski definition) is 0. The Kier molecular flexibility index (Phi) is 4.15. The van der Waals surface area contributed by atoms with Gasteiger partial charge < -0.3 is 14.5 Å². The molecule has 0 aliphatic carbocycles. The molecule has 0 saturated carbocycles. The molecule has 0 radical (unpaired) electrons. The SMILES string of the molecule is CC1CN(C2CCN(C(=O)C(=O)c3cccs3)CC2)C(=O)O1. The highest BCUT2D eigenvalue weighted by Gasteiger charge is 2.37. The van der Waals surface area contributed by atoms with Gasteiger partial charge in [0.25, 0.3) is 11.7 Å².